The molecule has 0 saturated heterocycles. The molecular weight excluding hydrogens is 315 g/mol. The van der Waals surface area contributed by atoms with Crippen molar-refractivity contribution < 1.29 is 14.3 Å². The second kappa shape index (κ2) is 8.36. The Labute approximate surface area is 139 Å². The van der Waals surface area contributed by atoms with Gasteiger partial charge in [-0.3, -0.25) is 10.1 Å². The van der Waals surface area contributed by atoms with Gasteiger partial charge >= 0.3 is 0 Å². The number of amides is 1. The number of aliphatic hydroxyl groups excluding tert-OH is 1. The number of halogens is 1. The molecule has 6 heteroatoms. The van der Waals surface area contributed by atoms with Crippen LogP contribution in [0.5, 0.6) is 0 Å². The third kappa shape index (κ3) is 5.43. The van der Waals surface area contributed by atoms with E-state index in [-0.39, 0.29) is 17.8 Å². The molecule has 23 heavy (non-hydrogen) atoms. The van der Waals surface area contributed by atoms with Gasteiger partial charge in [-0.05, 0) is 48.5 Å². The molecular formula is C17H17FN2O2S. The molecule has 0 aliphatic rings. The molecule has 0 aliphatic heterocycles. The Hall–Kier alpha value is -2.31. The minimum Gasteiger partial charge on any atom is -0.394 e. The smallest absolute Gasteiger partial charge is 0.257 e. The lowest BCUT2D eigenvalue weighted by Gasteiger charge is -2.18. The molecule has 0 aliphatic carbocycles. The summed E-state index contributed by atoms with van der Waals surface area (Å²) in [5.41, 5.74) is 1.35. The maximum Gasteiger partial charge on any atom is 0.257 e. The monoisotopic (exact) mass is 332 g/mol. The molecule has 0 spiro atoms. The Balaban J connectivity index is 1.89. The average molecular weight is 332 g/mol. The van der Waals surface area contributed by atoms with Gasteiger partial charge in [0.25, 0.3) is 5.91 Å². The van der Waals surface area contributed by atoms with Gasteiger partial charge in [0.15, 0.2) is 5.11 Å². The Morgan fingerprint density at radius 2 is 1.78 bits per heavy atom. The highest BCUT2D eigenvalue weighted by Crippen LogP contribution is 2.04. The van der Waals surface area contributed by atoms with Gasteiger partial charge < -0.3 is 10.4 Å². The van der Waals surface area contributed by atoms with Crippen LogP contribution in [0.4, 0.5) is 4.39 Å². The first-order valence-corrected chi connectivity index (χ1v) is 7.51. The van der Waals surface area contributed by atoms with Gasteiger partial charge in [0, 0.05) is 5.56 Å². The molecule has 0 unspecified atom stereocenters. The van der Waals surface area contributed by atoms with Gasteiger partial charge in [-0.2, -0.15) is 0 Å². The van der Waals surface area contributed by atoms with Crippen LogP contribution in [0.1, 0.15) is 15.9 Å². The number of rotatable bonds is 5. The SMILES string of the molecule is O=C(NC(=S)N[C@@H](CO)Cc1ccccc1)c1ccc(F)cc1. The normalized spacial score (nSPS) is 11.6. The Morgan fingerprint density at radius 1 is 1.13 bits per heavy atom. The van der Waals surface area contributed by atoms with Gasteiger partial charge in [-0.1, -0.05) is 30.3 Å². The second-order valence-corrected chi connectivity index (χ2v) is 5.41. The molecule has 2 rings (SSSR count). The number of carbonyl (C=O) groups is 1. The number of thiocarbonyl (C=S) groups is 1. The molecule has 2 aromatic carbocycles. The fraction of sp³-hybridized carbons (Fsp3) is 0.176. The zero-order valence-electron chi connectivity index (χ0n) is 12.3. The molecule has 0 radical (unpaired) electrons. The van der Waals surface area contributed by atoms with Gasteiger partial charge in [-0.15, -0.1) is 0 Å². The summed E-state index contributed by atoms with van der Waals surface area (Å²) < 4.78 is 12.8. The Morgan fingerprint density at radius 3 is 2.39 bits per heavy atom. The number of hydrogen-bond acceptors (Lipinski definition) is 3. The highest BCUT2D eigenvalue weighted by Gasteiger charge is 2.13. The average Bonchev–Trinajstić information content (AvgIpc) is 2.55. The molecule has 0 aromatic heterocycles. The van der Waals surface area contributed by atoms with E-state index < -0.39 is 11.7 Å². The summed E-state index contributed by atoms with van der Waals surface area (Å²) in [5.74, 6) is -0.843. The molecule has 2 aromatic rings. The molecule has 3 N–H and O–H groups in total. The first-order chi connectivity index (χ1) is 11.1. The lowest BCUT2D eigenvalue weighted by Crippen LogP contribution is -2.46. The first kappa shape index (κ1) is 17.1. The van der Waals surface area contributed by atoms with E-state index in [1.807, 2.05) is 30.3 Å². The van der Waals surface area contributed by atoms with Gasteiger partial charge in [0.1, 0.15) is 5.82 Å². The van der Waals surface area contributed by atoms with Crippen LogP contribution >= 0.6 is 12.2 Å². The predicted molar refractivity (Wildman–Crippen MR) is 90.6 cm³/mol. The molecule has 4 nitrogen and oxygen atoms in total. The van der Waals surface area contributed by atoms with E-state index in [2.05, 4.69) is 10.6 Å². The van der Waals surface area contributed by atoms with E-state index in [1.54, 1.807) is 0 Å². The summed E-state index contributed by atoms with van der Waals surface area (Å²) in [7, 11) is 0. The Kier molecular flexibility index (Phi) is 6.19. The molecule has 0 fully saturated rings. The quantitative estimate of drug-likeness (QED) is 0.733. The number of benzene rings is 2. The van der Waals surface area contributed by atoms with Gasteiger partial charge in [-0.25, -0.2) is 4.39 Å². The van der Waals surface area contributed by atoms with Crippen LogP contribution in [0.15, 0.2) is 54.6 Å². The lowest BCUT2D eigenvalue weighted by molar-refractivity contribution is 0.0976. The van der Waals surface area contributed by atoms with Crippen molar-refractivity contribution in [3.8, 4) is 0 Å². The Bertz CT molecular complexity index is 662. The summed E-state index contributed by atoms with van der Waals surface area (Å²) in [6.07, 6.45) is 0.573. The van der Waals surface area contributed by atoms with E-state index in [9.17, 15) is 14.3 Å². The molecule has 1 atom stereocenters. The molecule has 0 heterocycles. The summed E-state index contributed by atoms with van der Waals surface area (Å²) in [6, 6.07) is 14.5. The number of nitrogens with one attached hydrogen (secondary N) is 2. The lowest BCUT2D eigenvalue weighted by atomic mass is 10.1. The van der Waals surface area contributed by atoms with E-state index in [1.165, 1.54) is 24.3 Å². The summed E-state index contributed by atoms with van der Waals surface area (Å²) >= 11 is 5.09. The fourth-order valence-electron chi connectivity index (χ4n) is 2.06. The zero-order chi connectivity index (χ0) is 16.7. The van der Waals surface area contributed by atoms with E-state index in [4.69, 9.17) is 12.2 Å². The van der Waals surface area contributed by atoms with Crippen LogP contribution in [-0.2, 0) is 6.42 Å². The molecule has 120 valence electrons. The predicted octanol–water partition coefficient (Wildman–Crippen LogP) is 2.03. The fourth-order valence-corrected chi connectivity index (χ4v) is 2.32. The maximum absolute atomic E-state index is 12.8. The molecule has 1 amide bonds. The zero-order valence-corrected chi connectivity index (χ0v) is 13.1. The van der Waals surface area contributed by atoms with Crippen LogP contribution in [0.2, 0.25) is 0 Å². The van der Waals surface area contributed by atoms with Crippen molar-refractivity contribution in [1.82, 2.24) is 10.6 Å². The highest BCUT2D eigenvalue weighted by atomic mass is 32.1. The van der Waals surface area contributed by atoms with Crippen molar-refractivity contribution in [2.45, 2.75) is 12.5 Å². The summed E-state index contributed by atoms with van der Waals surface area (Å²) in [5, 5.41) is 15.0. The summed E-state index contributed by atoms with van der Waals surface area (Å²) in [6.45, 7) is -0.124. The van der Waals surface area contributed by atoms with Crippen molar-refractivity contribution in [2.75, 3.05) is 6.61 Å². The van der Waals surface area contributed by atoms with E-state index in [0.29, 0.717) is 12.0 Å². The summed E-state index contributed by atoms with van der Waals surface area (Å²) in [4.78, 5) is 12.0. The minimum absolute atomic E-state index is 0.120. The van der Waals surface area contributed by atoms with Crippen molar-refractivity contribution in [3.05, 3.63) is 71.5 Å². The van der Waals surface area contributed by atoms with Crippen LogP contribution in [-0.4, -0.2) is 28.8 Å². The van der Waals surface area contributed by atoms with Crippen LogP contribution in [0, 0.1) is 5.82 Å². The maximum atomic E-state index is 12.8. The molecule has 0 saturated carbocycles. The van der Waals surface area contributed by atoms with Gasteiger partial charge in [0.05, 0.1) is 12.6 Å². The van der Waals surface area contributed by atoms with Crippen molar-refractivity contribution in [3.63, 3.8) is 0 Å². The second-order valence-electron chi connectivity index (χ2n) is 5.00. The van der Waals surface area contributed by atoms with Crippen LogP contribution < -0.4 is 10.6 Å². The topological polar surface area (TPSA) is 61.4 Å². The number of carbonyl (C=O) groups excluding carboxylic acids is 1. The van der Waals surface area contributed by atoms with E-state index >= 15 is 0 Å². The van der Waals surface area contributed by atoms with Crippen LogP contribution in [0.3, 0.4) is 0 Å². The largest absolute Gasteiger partial charge is 0.394 e. The van der Waals surface area contributed by atoms with Crippen LogP contribution in [0.25, 0.3) is 0 Å². The minimum atomic E-state index is -0.432. The third-order valence-corrected chi connectivity index (χ3v) is 3.43. The van der Waals surface area contributed by atoms with Crippen molar-refractivity contribution in [2.24, 2.45) is 0 Å². The van der Waals surface area contributed by atoms with Crippen molar-refractivity contribution >= 4 is 23.2 Å². The highest BCUT2D eigenvalue weighted by molar-refractivity contribution is 7.80. The molecule has 0 bridgehead atoms. The third-order valence-electron chi connectivity index (χ3n) is 3.21. The van der Waals surface area contributed by atoms with Crippen molar-refractivity contribution in [1.29, 1.82) is 0 Å². The number of hydrogen-bond donors (Lipinski definition) is 3. The van der Waals surface area contributed by atoms with Gasteiger partial charge in [0.2, 0.25) is 0 Å². The first-order valence-electron chi connectivity index (χ1n) is 7.10. The number of aliphatic hydroxyl groups is 1. The van der Waals surface area contributed by atoms with E-state index in [0.717, 1.165) is 5.56 Å². The standard InChI is InChI=1S/C17H17FN2O2S/c18-14-8-6-13(7-9-14)16(22)20-17(23)19-15(11-21)10-12-4-2-1-3-5-12/h1-9,15,21H,10-11H2,(H2,19,20,22,23)/t15-/m1/s1.